The van der Waals surface area contributed by atoms with Crippen LogP contribution >= 0.6 is 11.6 Å². The van der Waals surface area contributed by atoms with Crippen LogP contribution in [0.1, 0.15) is 72.0 Å². The molecule has 2 saturated carbocycles. The fraction of sp³-hybridized carbons (Fsp3) is 0.433. The predicted molar refractivity (Wildman–Crippen MR) is 142 cm³/mol. The average Bonchev–Trinajstić information content (AvgIpc) is 3.48. The molecule has 2 atom stereocenters. The first-order valence-electron chi connectivity index (χ1n) is 13.2. The molecule has 1 unspecified atom stereocenters. The van der Waals surface area contributed by atoms with Gasteiger partial charge in [-0.05, 0) is 74.9 Å². The van der Waals surface area contributed by atoms with Gasteiger partial charge in [-0.3, -0.25) is 4.79 Å². The van der Waals surface area contributed by atoms with Gasteiger partial charge in [0.1, 0.15) is 17.4 Å². The zero-order valence-electron chi connectivity index (χ0n) is 21.4. The Labute approximate surface area is 221 Å². The van der Waals surface area contributed by atoms with E-state index in [1.54, 1.807) is 0 Å². The first-order valence-corrected chi connectivity index (χ1v) is 13.5. The molecule has 37 heavy (non-hydrogen) atoms. The Morgan fingerprint density at radius 2 is 1.89 bits per heavy atom. The number of halogens is 1. The van der Waals surface area contributed by atoms with Crippen LogP contribution in [-0.4, -0.2) is 33.7 Å². The number of Topliss-reactive ketones (excluding diaryl/α,β-unsaturated/α-hetero) is 1. The molecule has 2 aromatic heterocycles. The standard InChI is InChI=1S/C30H30ClN3O3/c1-16-4-5-19(10-23(16)31)28-22(7-9-26(28)35)29-32-24-11-20(27-17(2)33-37-18(27)3)6-8-25(24)34(29)21-12-30(13-21)14-36-15-30/h4-6,8,10-11,21-22,28H,7,9,12-15H2,1-3H3/t22-,28?/m1/s1. The van der Waals surface area contributed by atoms with Crippen LogP contribution in [0.2, 0.25) is 5.02 Å². The second-order valence-electron chi connectivity index (χ2n) is 11.4. The zero-order valence-corrected chi connectivity index (χ0v) is 22.1. The molecular weight excluding hydrogens is 486 g/mol. The number of rotatable bonds is 4. The topological polar surface area (TPSA) is 70.2 Å². The van der Waals surface area contributed by atoms with Crippen LogP contribution < -0.4 is 0 Å². The lowest BCUT2D eigenvalue weighted by molar-refractivity contribution is -0.174. The van der Waals surface area contributed by atoms with E-state index in [4.69, 9.17) is 25.8 Å². The number of aromatic nitrogens is 3. The number of imidazole rings is 1. The Kier molecular flexibility index (Phi) is 5.18. The van der Waals surface area contributed by atoms with Crippen molar-refractivity contribution in [3.05, 3.63) is 69.8 Å². The van der Waals surface area contributed by atoms with Gasteiger partial charge in [-0.2, -0.15) is 0 Å². The van der Waals surface area contributed by atoms with Crippen molar-refractivity contribution in [1.29, 1.82) is 0 Å². The van der Waals surface area contributed by atoms with E-state index in [9.17, 15) is 4.79 Å². The summed E-state index contributed by atoms with van der Waals surface area (Å²) in [5, 5.41) is 4.85. The van der Waals surface area contributed by atoms with Crippen LogP contribution in [0.4, 0.5) is 0 Å². The average molecular weight is 516 g/mol. The largest absolute Gasteiger partial charge is 0.380 e. The minimum Gasteiger partial charge on any atom is -0.380 e. The van der Waals surface area contributed by atoms with Gasteiger partial charge >= 0.3 is 0 Å². The number of ketones is 1. The maximum Gasteiger partial charge on any atom is 0.141 e. The van der Waals surface area contributed by atoms with Crippen molar-refractivity contribution in [2.45, 2.75) is 64.3 Å². The second kappa shape index (κ2) is 8.27. The maximum absolute atomic E-state index is 13.3. The Hall–Kier alpha value is -2.96. The van der Waals surface area contributed by atoms with Crippen LogP contribution in [0.25, 0.3) is 22.2 Å². The molecule has 3 aliphatic rings. The Morgan fingerprint density at radius 1 is 1.08 bits per heavy atom. The van der Waals surface area contributed by atoms with Crippen LogP contribution in [0.3, 0.4) is 0 Å². The van der Waals surface area contributed by atoms with Gasteiger partial charge in [0.2, 0.25) is 0 Å². The lowest BCUT2D eigenvalue weighted by Gasteiger charge is -2.54. The highest BCUT2D eigenvalue weighted by molar-refractivity contribution is 6.31. The summed E-state index contributed by atoms with van der Waals surface area (Å²) in [6, 6.07) is 12.9. The highest BCUT2D eigenvalue weighted by Crippen LogP contribution is 2.55. The van der Waals surface area contributed by atoms with Crippen LogP contribution in [0, 0.1) is 26.2 Å². The number of hydrogen-bond acceptors (Lipinski definition) is 5. The summed E-state index contributed by atoms with van der Waals surface area (Å²) in [6.07, 6.45) is 3.56. The third kappa shape index (κ3) is 3.52. The van der Waals surface area contributed by atoms with Gasteiger partial charge in [-0.15, -0.1) is 0 Å². The Balaban J connectivity index is 1.36. The van der Waals surface area contributed by atoms with Crippen molar-refractivity contribution >= 4 is 28.4 Å². The lowest BCUT2D eigenvalue weighted by Crippen LogP contribution is -2.52. The summed E-state index contributed by atoms with van der Waals surface area (Å²) >= 11 is 6.50. The van der Waals surface area contributed by atoms with Crippen LogP contribution in [0.5, 0.6) is 0 Å². The van der Waals surface area contributed by atoms with E-state index in [1.165, 1.54) is 0 Å². The van der Waals surface area contributed by atoms with E-state index in [2.05, 4.69) is 34.0 Å². The Bertz CT molecular complexity index is 1540. The molecule has 4 aromatic rings. The molecule has 1 saturated heterocycles. The molecule has 0 amide bonds. The molecule has 3 fully saturated rings. The number of nitrogens with zero attached hydrogens (tertiary/aromatic N) is 3. The summed E-state index contributed by atoms with van der Waals surface area (Å²) in [5.41, 5.74) is 7.38. The number of ether oxygens (including phenoxy) is 1. The van der Waals surface area contributed by atoms with Gasteiger partial charge in [-0.25, -0.2) is 4.98 Å². The number of benzene rings is 2. The molecule has 0 N–H and O–H groups in total. The number of hydrogen-bond donors (Lipinski definition) is 0. The maximum atomic E-state index is 13.3. The summed E-state index contributed by atoms with van der Waals surface area (Å²) in [7, 11) is 0. The van der Waals surface area contributed by atoms with E-state index < -0.39 is 0 Å². The number of aryl methyl sites for hydroxylation is 3. The summed E-state index contributed by atoms with van der Waals surface area (Å²) in [5.74, 6) is 1.91. The third-order valence-electron chi connectivity index (χ3n) is 8.90. The van der Waals surface area contributed by atoms with Gasteiger partial charge in [0.05, 0.1) is 35.9 Å². The Morgan fingerprint density at radius 3 is 2.57 bits per heavy atom. The molecule has 7 heteroatoms. The quantitative estimate of drug-likeness (QED) is 0.297. The summed E-state index contributed by atoms with van der Waals surface area (Å²) < 4.78 is 13.4. The van der Waals surface area contributed by atoms with E-state index in [0.717, 1.165) is 83.0 Å². The first-order chi connectivity index (χ1) is 17.8. The van der Waals surface area contributed by atoms with Gasteiger partial charge in [0.25, 0.3) is 0 Å². The van der Waals surface area contributed by atoms with Crippen molar-refractivity contribution in [3.63, 3.8) is 0 Å². The van der Waals surface area contributed by atoms with Gasteiger partial charge in [0.15, 0.2) is 0 Å². The molecule has 6 nitrogen and oxygen atoms in total. The monoisotopic (exact) mass is 515 g/mol. The fourth-order valence-electron chi connectivity index (χ4n) is 6.91. The normalized spacial score (nSPS) is 23.1. The van der Waals surface area contributed by atoms with Crippen LogP contribution in [-0.2, 0) is 9.53 Å². The molecule has 190 valence electrons. The summed E-state index contributed by atoms with van der Waals surface area (Å²) in [6.45, 7) is 7.62. The minimum atomic E-state index is -0.225. The molecular formula is C30H30ClN3O3. The van der Waals surface area contributed by atoms with Crippen molar-refractivity contribution in [3.8, 4) is 11.1 Å². The smallest absolute Gasteiger partial charge is 0.141 e. The molecule has 2 aromatic carbocycles. The fourth-order valence-corrected chi connectivity index (χ4v) is 7.09. The van der Waals surface area contributed by atoms with Crippen molar-refractivity contribution in [2.24, 2.45) is 5.41 Å². The molecule has 7 rings (SSSR count). The van der Waals surface area contributed by atoms with Gasteiger partial charge < -0.3 is 13.8 Å². The highest BCUT2D eigenvalue weighted by Gasteiger charge is 2.52. The molecule has 0 bridgehead atoms. The lowest BCUT2D eigenvalue weighted by atomic mass is 9.64. The van der Waals surface area contributed by atoms with Crippen LogP contribution in [0.15, 0.2) is 40.9 Å². The van der Waals surface area contributed by atoms with Gasteiger partial charge in [0, 0.05) is 34.4 Å². The molecule has 1 spiro atoms. The highest BCUT2D eigenvalue weighted by atomic mass is 35.5. The molecule has 1 aliphatic heterocycles. The van der Waals surface area contributed by atoms with Crippen molar-refractivity contribution < 1.29 is 14.1 Å². The van der Waals surface area contributed by atoms with Gasteiger partial charge in [-0.1, -0.05) is 35.0 Å². The van der Waals surface area contributed by atoms with E-state index in [1.807, 2.05) is 32.9 Å². The predicted octanol–water partition coefficient (Wildman–Crippen LogP) is 6.85. The number of carbonyl (C=O) groups excluding carboxylic acids is 1. The van der Waals surface area contributed by atoms with Crippen molar-refractivity contribution in [1.82, 2.24) is 14.7 Å². The number of carbonyl (C=O) groups is 1. The molecule has 3 heterocycles. The van der Waals surface area contributed by atoms with E-state index >= 15 is 0 Å². The minimum absolute atomic E-state index is 0.0235. The zero-order chi connectivity index (χ0) is 25.5. The third-order valence-corrected chi connectivity index (χ3v) is 9.30. The van der Waals surface area contributed by atoms with E-state index in [0.29, 0.717) is 22.9 Å². The molecule has 2 aliphatic carbocycles. The van der Waals surface area contributed by atoms with E-state index in [-0.39, 0.29) is 17.6 Å². The number of fused-ring (bicyclic) bond motifs is 1. The molecule has 0 radical (unpaired) electrons. The summed E-state index contributed by atoms with van der Waals surface area (Å²) in [4.78, 5) is 18.5. The SMILES string of the molecule is Cc1ccc(C2C(=O)CC[C@H]2c2nc3cc(-c4c(C)noc4C)ccc3n2C2CC3(COC3)C2)cc1Cl. The second-order valence-corrected chi connectivity index (χ2v) is 11.8. The first kappa shape index (κ1) is 23.2. The van der Waals surface area contributed by atoms with Crippen molar-refractivity contribution in [2.75, 3.05) is 13.2 Å².